The number of nitrogens with zero attached hydrogens (tertiary/aromatic N) is 2. The molecule has 0 saturated heterocycles. The van der Waals surface area contributed by atoms with E-state index >= 15 is 0 Å². The molecule has 0 radical (unpaired) electrons. The first-order valence-electron chi connectivity index (χ1n) is 6.75. The second kappa shape index (κ2) is 6.34. The van der Waals surface area contributed by atoms with Crippen molar-refractivity contribution in [1.82, 2.24) is 4.57 Å². The zero-order valence-corrected chi connectivity index (χ0v) is 11.5. The normalized spacial score (nSPS) is 12.3. The summed E-state index contributed by atoms with van der Waals surface area (Å²) >= 11 is 0. The summed E-state index contributed by atoms with van der Waals surface area (Å²) in [5, 5.41) is 11.0. The Balaban J connectivity index is 2.17. The van der Waals surface area contributed by atoms with Crippen LogP contribution in [0.3, 0.4) is 0 Å². The lowest BCUT2D eigenvalue weighted by Gasteiger charge is -2.08. The molecular formula is C15H19N3O2. The lowest BCUT2D eigenvalue weighted by molar-refractivity contribution is -0.385. The summed E-state index contributed by atoms with van der Waals surface area (Å²) in [6, 6.07) is 8.82. The quantitative estimate of drug-likeness (QED) is 0.648. The van der Waals surface area contributed by atoms with E-state index in [9.17, 15) is 10.1 Å². The number of nitro benzene ring substituents is 1. The maximum Gasteiger partial charge on any atom is 0.274 e. The number of para-hydroxylation sites is 1. The van der Waals surface area contributed by atoms with Crippen molar-refractivity contribution in [3.05, 3.63) is 64.0 Å². The summed E-state index contributed by atoms with van der Waals surface area (Å²) < 4.78 is 1.94. The van der Waals surface area contributed by atoms with Gasteiger partial charge in [-0.1, -0.05) is 31.5 Å². The van der Waals surface area contributed by atoms with Crippen molar-refractivity contribution in [1.29, 1.82) is 0 Å². The predicted octanol–water partition coefficient (Wildman–Crippen LogP) is 3.24. The largest absolute Gasteiger partial charge is 0.349 e. The Kier molecular flexibility index (Phi) is 4.53. The van der Waals surface area contributed by atoms with E-state index in [0.29, 0.717) is 12.1 Å². The summed E-state index contributed by atoms with van der Waals surface area (Å²) in [7, 11) is 0. The van der Waals surface area contributed by atoms with Crippen molar-refractivity contribution in [2.75, 3.05) is 0 Å². The van der Waals surface area contributed by atoms with E-state index in [2.05, 4.69) is 6.92 Å². The molecule has 0 spiro atoms. The van der Waals surface area contributed by atoms with Crippen LogP contribution in [0.5, 0.6) is 0 Å². The number of hydrogen-bond acceptors (Lipinski definition) is 3. The molecule has 2 N–H and O–H groups in total. The molecule has 106 valence electrons. The van der Waals surface area contributed by atoms with Gasteiger partial charge in [0.1, 0.15) is 0 Å². The van der Waals surface area contributed by atoms with E-state index in [4.69, 9.17) is 5.73 Å². The molecule has 2 aromatic rings. The Morgan fingerprint density at radius 1 is 1.35 bits per heavy atom. The Bertz CT molecular complexity index is 592. The van der Waals surface area contributed by atoms with Gasteiger partial charge in [-0.05, 0) is 18.1 Å². The average molecular weight is 273 g/mol. The zero-order chi connectivity index (χ0) is 14.5. The molecule has 1 unspecified atom stereocenters. The van der Waals surface area contributed by atoms with Gasteiger partial charge in [0.25, 0.3) is 5.69 Å². The molecule has 20 heavy (non-hydrogen) atoms. The Hall–Kier alpha value is -2.14. The van der Waals surface area contributed by atoms with Crippen LogP contribution in [0.25, 0.3) is 0 Å². The van der Waals surface area contributed by atoms with Crippen molar-refractivity contribution in [3.8, 4) is 0 Å². The summed E-state index contributed by atoms with van der Waals surface area (Å²) in [5.41, 5.74) is 7.99. The number of benzene rings is 1. The highest BCUT2D eigenvalue weighted by atomic mass is 16.6. The minimum Gasteiger partial charge on any atom is -0.349 e. The Morgan fingerprint density at radius 2 is 2.10 bits per heavy atom. The molecule has 1 atom stereocenters. The van der Waals surface area contributed by atoms with Crippen molar-refractivity contribution in [3.63, 3.8) is 0 Å². The number of aromatic nitrogens is 1. The third-order valence-electron chi connectivity index (χ3n) is 3.34. The van der Waals surface area contributed by atoms with Crippen LogP contribution in [0, 0.1) is 10.1 Å². The molecule has 5 nitrogen and oxygen atoms in total. The molecule has 1 aromatic carbocycles. The second-order valence-electron chi connectivity index (χ2n) is 4.90. The summed E-state index contributed by atoms with van der Waals surface area (Å²) in [6.45, 7) is 2.58. The van der Waals surface area contributed by atoms with E-state index in [0.717, 1.165) is 18.4 Å². The molecular weight excluding hydrogens is 254 g/mol. The first-order chi connectivity index (χ1) is 9.61. The average Bonchev–Trinajstić information content (AvgIpc) is 2.88. The van der Waals surface area contributed by atoms with Gasteiger partial charge in [0.2, 0.25) is 0 Å². The number of nitro groups is 1. The van der Waals surface area contributed by atoms with Gasteiger partial charge in [0.15, 0.2) is 0 Å². The van der Waals surface area contributed by atoms with Gasteiger partial charge >= 0.3 is 0 Å². The molecule has 0 aliphatic carbocycles. The van der Waals surface area contributed by atoms with Gasteiger partial charge in [0.05, 0.1) is 11.5 Å². The van der Waals surface area contributed by atoms with Gasteiger partial charge in [0, 0.05) is 30.1 Å². The smallest absolute Gasteiger partial charge is 0.274 e. The fourth-order valence-corrected chi connectivity index (χ4v) is 2.27. The third kappa shape index (κ3) is 3.24. The van der Waals surface area contributed by atoms with Crippen molar-refractivity contribution < 1.29 is 4.92 Å². The summed E-state index contributed by atoms with van der Waals surface area (Å²) in [6.07, 6.45) is 5.87. The van der Waals surface area contributed by atoms with Crippen LogP contribution in [0.15, 0.2) is 42.7 Å². The van der Waals surface area contributed by atoms with Gasteiger partial charge in [-0.15, -0.1) is 0 Å². The lowest BCUT2D eigenvalue weighted by atomic mass is 10.1. The van der Waals surface area contributed by atoms with Crippen molar-refractivity contribution in [2.45, 2.75) is 32.4 Å². The van der Waals surface area contributed by atoms with E-state index < -0.39 is 0 Å². The fourth-order valence-electron chi connectivity index (χ4n) is 2.27. The van der Waals surface area contributed by atoms with Crippen LogP contribution >= 0.6 is 0 Å². The molecule has 1 heterocycles. The zero-order valence-electron chi connectivity index (χ0n) is 11.5. The monoisotopic (exact) mass is 273 g/mol. The molecule has 0 aliphatic rings. The highest BCUT2D eigenvalue weighted by molar-refractivity contribution is 5.40. The summed E-state index contributed by atoms with van der Waals surface area (Å²) in [4.78, 5) is 10.6. The Labute approximate surface area is 118 Å². The molecule has 0 aliphatic heterocycles. The van der Waals surface area contributed by atoms with Crippen molar-refractivity contribution >= 4 is 5.69 Å². The van der Waals surface area contributed by atoms with Gasteiger partial charge in [-0.25, -0.2) is 0 Å². The highest BCUT2D eigenvalue weighted by Crippen LogP contribution is 2.21. The lowest BCUT2D eigenvalue weighted by Crippen LogP contribution is -2.09. The topological polar surface area (TPSA) is 74.1 Å². The molecule has 1 aromatic heterocycles. The molecule has 0 saturated carbocycles. The second-order valence-corrected chi connectivity index (χ2v) is 4.90. The van der Waals surface area contributed by atoms with Crippen LogP contribution in [-0.4, -0.2) is 9.49 Å². The van der Waals surface area contributed by atoms with Gasteiger partial charge < -0.3 is 10.3 Å². The van der Waals surface area contributed by atoms with Crippen LogP contribution < -0.4 is 5.73 Å². The van der Waals surface area contributed by atoms with E-state index in [1.807, 2.05) is 29.1 Å². The molecule has 0 amide bonds. The molecule has 0 bridgehead atoms. The van der Waals surface area contributed by atoms with E-state index in [-0.39, 0.29) is 16.7 Å². The number of rotatable bonds is 6. The predicted molar refractivity (Wildman–Crippen MR) is 78.5 cm³/mol. The highest BCUT2D eigenvalue weighted by Gasteiger charge is 2.13. The third-order valence-corrected chi connectivity index (χ3v) is 3.34. The number of hydrogen-bond donors (Lipinski definition) is 1. The first kappa shape index (κ1) is 14.3. The van der Waals surface area contributed by atoms with Crippen LogP contribution in [-0.2, 0) is 6.54 Å². The van der Waals surface area contributed by atoms with Crippen LogP contribution in [0.2, 0.25) is 0 Å². The summed E-state index contributed by atoms with van der Waals surface area (Å²) in [5.74, 6) is 0. The molecule has 5 heteroatoms. The fraction of sp³-hybridized carbons (Fsp3) is 0.333. The molecule has 0 fully saturated rings. The first-order valence-corrected chi connectivity index (χ1v) is 6.75. The standard InChI is InChI=1S/C15H19N3O2/c1-2-5-14(16)12-8-9-17(10-12)11-13-6-3-4-7-15(13)18(19)20/h3-4,6-10,14H,2,5,11,16H2,1H3. The number of nitrogens with two attached hydrogens (primary N) is 1. The van der Waals surface area contributed by atoms with Gasteiger partial charge in [-0.3, -0.25) is 10.1 Å². The Morgan fingerprint density at radius 3 is 2.80 bits per heavy atom. The van der Waals surface area contributed by atoms with Crippen LogP contribution in [0.1, 0.15) is 36.9 Å². The maximum atomic E-state index is 11.0. The van der Waals surface area contributed by atoms with Crippen LogP contribution in [0.4, 0.5) is 5.69 Å². The van der Waals surface area contributed by atoms with Gasteiger partial charge in [-0.2, -0.15) is 0 Å². The van der Waals surface area contributed by atoms with Crippen molar-refractivity contribution in [2.24, 2.45) is 5.73 Å². The van der Waals surface area contributed by atoms with E-state index in [1.165, 1.54) is 6.07 Å². The van der Waals surface area contributed by atoms with E-state index in [1.54, 1.807) is 12.1 Å². The molecule has 2 rings (SSSR count). The minimum atomic E-state index is -0.345. The minimum absolute atomic E-state index is 0.0343. The SMILES string of the molecule is CCCC(N)c1ccn(Cc2ccccc2[N+](=O)[O-])c1. The maximum absolute atomic E-state index is 11.0.